The van der Waals surface area contributed by atoms with Crippen LogP contribution in [0.5, 0.6) is 0 Å². The first-order valence-corrected chi connectivity index (χ1v) is 6.12. The second-order valence-electron chi connectivity index (χ2n) is 4.44. The molecule has 0 fully saturated rings. The second kappa shape index (κ2) is 5.17. The minimum Gasteiger partial charge on any atom is -0.501 e. The van der Waals surface area contributed by atoms with Crippen LogP contribution in [0.3, 0.4) is 0 Å². The molecule has 0 bridgehead atoms. The van der Waals surface area contributed by atoms with E-state index in [1.807, 2.05) is 30.3 Å². The van der Waals surface area contributed by atoms with E-state index in [1.54, 1.807) is 13.2 Å². The van der Waals surface area contributed by atoms with Gasteiger partial charge in [-0.15, -0.1) is 0 Å². The van der Waals surface area contributed by atoms with Crippen molar-refractivity contribution in [1.82, 2.24) is 0 Å². The molecule has 1 aromatic rings. The van der Waals surface area contributed by atoms with Crippen LogP contribution in [0.4, 0.5) is 0 Å². The molecule has 0 saturated carbocycles. The van der Waals surface area contributed by atoms with Gasteiger partial charge in [0.05, 0.1) is 13.0 Å². The molecule has 2 atom stereocenters. The molecule has 1 aliphatic carbocycles. The maximum Gasteiger partial charge on any atom is 0.167 e. The molecule has 0 unspecified atom stereocenters. The van der Waals surface area contributed by atoms with Gasteiger partial charge >= 0.3 is 0 Å². The molecule has 0 heterocycles. The van der Waals surface area contributed by atoms with E-state index >= 15 is 0 Å². The van der Waals surface area contributed by atoms with Crippen molar-refractivity contribution < 1.29 is 9.53 Å². The Bertz CT molecular complexity index is 420. The molecule has 0 radical (unpaired) electrons. The number of carbonyl (C=O) groups excluding carboxylic acids is 1. The number of allylic oxidation sites excluding steroid dienone is 2. The zero-order chi connectivity index (χ0) is 12.3. The molecule has 0 amide bonds. The standard InChI is InChI=1S/C15H18O2/c1-3-7-12-14(17-2)10-13(16)15(12)11-8-5-4-6-9-11/h4-6,8-10,12,15H,3,7H2,1-2H3/t12-,15-/m0/s1. The lowest BCUT2D eigenvalue weighted by molar-refractivity contribution is -0.116. The molecule has 0 spiro atoms. The molecule has 2 nitrogen and oxygen atoms in total. The fraction of sp³-hybridized carbons (Fsp3) is 0.400. The monoisotopic (exact) mass is 230 g/mol. The van der Waals surface area contributed by atoms with Gasteiger partial charge in [0, 0.05) is 12.0 Å². The number of carbonyl (C=O) groups is 1. The van der Waals surface area contributed by atoms with Gasteiger partial charge in [-0.1, -0.05) is 43.7 Å². The Morgan fingerprint density at radius 2 is 1.94 bits per heavy atom. The predicted molar refractivity (Wildman–Crippen MR) is 67.7 cm³/mol. The van der Waals surface area contributed by atoms with E-state index in [4.69, 9.17) is 4.74 Å². The van der Waals surface area contributed by atoms with Crippen molar-refractivity contribution in [2.75, 3.05) is 7.11 Å². The lowest BCUT2D eigenvalue weighted by Crippen LogP contribution is -2.15. The number of hydrogen-bond donors (Lipinski definition) is 0. The highest BCUT2D eigenvalue weighted by molar-refractivity contribution is 5.99. The highest BCUT2D eigenvalue weighted by Gasteiger charge is 2.37. The number of hydrogen-bond acceptors (Lipinski definition) is 2. The number of methoxy groups -OCH3 is 1. The lowest BCUT2D eigenvalue weighted by Gasteiger charge is -2.20. The molecule has 0 saturated heterocycles. The van der Waals surface area contributed by atoms with E-state index in [0.717, 1.165) is 24.2 Å². The van der Waals surface area contributed by atoms with Gasteiger partial charge < -0.3 is 4.74 Å². The third-order valence-corrected chi connectivity index (χ3v) is 3.35. The third kappa shape index (κ3) is 2.26. The van der Waals surface area contributed by atoms with Gasteiger partial charge in [-0.25, -0.2) is 0 Å². The Hall–Kier alpha value is -1.57. The van der Waals surface area contributed by atoms with Gasteiger partial charge in [0.1, 0.15) is 5.76 Å². The first kappa shape index (κ1) is 11.9. The summed E-state index contributed by atoms with van der Waals surface area (Å²) in [6.07, 6.45) is 3.71. The van der Waals surface area contributed by atoms with Crippen LogP contribution in [0.15, 0.2) is 42.2 Å². The van der Waals surface area contributed by atoms with E-state index in [1.165, 1.54) is 0 Å². The average molecular weight is 230 g/mol. The fourth-order valence-corrected chi connectivity index (χ4v) is 2.59. The van der Waals surface area contributed by atoms with Crippen molar-refractivity contribution in [2.24, 2.45) is 5.92 Å². The van der Waals surface area contributed by atoms with Gasteiger partial charge in [-0.3, -0.25) is 4.79 Å². The first-order valence-electron chi connectivity index (χ1n) is 6.12. The molecule has 2 heteroatoms. The largest absolute Gasteiger partial charge is 0.501 e. The SMILES string of the molecule is CCC[C@H]1C(OC)=CC(=O)[C@H]1c1ccccc1. The van der Waals surface area contributed by atoms with Gasteiger partial charge in [0.25, 0.3) is 0 Å². The summed E-state index contributed by atoms with van der Waals surface area (Å²) in [7, 11) is 1.65. The smallest absolute Gasteiger partial charge is 0.167 e. The van der Waals surface area contributed by atoms with E-state index in [9.17, 15) is 4.79 Å². The van der Waals surface area contributed by atoms with Crippen molar-refractivity contribution >= 4 is 5.78 Å². The van der Waals surface area contributed by atoms with Crippen molar-refractivity contribution in [3.8, 4) is 0 Å². The first-order chi connectivity index (χ1) is 8.27. The molecule has 0 N–H and O–H groups in total. The Balaban J connectivity index is 2.31. The minimum absolute atomic E-state index is 0.0499. The molecule has 17 heavy (non-hydrogen) atoms. The maximum absolute atomic E-state index is 12.1. The summed E-state index contributed by atoms with van der Waals surface area (Å²) in [5, 5.41) is 0. The van der Waals surface area contributed by atoms with Gasteiger partial charge in [0.2, 0.25) is 0 Å². The quantitative estimate of drug-likeness (QED) is 0.793. The zero-order valence-electron chi connectivity index (χ0n) is 10.3. The van der Waals surface area contributed by atoms with Crippen LogP contribution in [0, 0.1) is 5.92 Å². The normalized spacial score (nSPS) is 23.6. The van der Waals surface area contributed by atoms with E-state index in [2.05, 4.69) is 6.92 Å². The molecule has 90 valence electrons. The van der Waals surface area contributed by atoms with Crippen LogP contribution in [0.1, 0.15) is 31.2 Å². The summed E-state index contributed by atoms with van der Waals surface area (Å²) in [5.74, 6) is 1.17. The van der Waals surface area contributed by atoms with Crippen LogP contribution >= 0.6 is 0 Å². The Kier molecular flexibility index (Phi) is 3.62. The van der Waals surface area contributed by atoms with Crippen LogP contribution in [0.25, 0.3) is 0 Å². The summed E-state index contributed by atoms with van der Waals surface area (Å²) in [5.41, 5.74) is 1.10. The number of ether oxygens (including phenoxy) is 1. The van der Waals surface area contributed by atoms with E-state index < -0.39 is 0 Å². The van der Waals surface area contributed by atoms with Crippen LogP contribution in [-0.4, -0.2) is 12.9 Å². The van der Waals surface area contributed by atoms with E-state index in [0.29, 0.717) is 0 Å². The Labute approximate surface area is 102 Å². The van der Waals surface area contributed by atoms with Crippen LogP contribution in [0.2, 0.25) is 0 Å². The molecular formula is C15H18O2. The van der Waals surface area contributed by atoms with Crippen LogP contribution < -0.4 is 0 Å². The van der Waals surface area contributed by atoms with Crippen molar-refractivity contribution in [3.05, 3.63) is 47.7 Å². The zero-order valence-corrected chi connectivity index (χ0v) is 10.3. The van der Waals surface area contributed by atoms with Crippen molar-refractivity contribution in [1.29, 1.82) is 0 Å². The van der Waals surface area contributed by atoms with Gasteiger partial charge in [0.15, 0.2) is 5.78 Å². The summed E-state index contributed by atoms with van der Waals surface area (Å²) in [4.78, 5) is 12.1. The molecular weight excluding hydrogens is 212 g/mol. The Morgan fingerprint density at radius 1 is 1.24 bits per heavy atom. The third-order valence-electron chi connectivity index (χ3n) is 3.35. The number of ketones is 1. The average Bonchev–Trinajstić information content (AvgIpc) is 2.67. The molecule has 0 aliphatic heterocycles. The maximum atomic E-state index is 12.1. The molecule has 0 aromatic heterocycles. The summed E-state index contributed by atoms with van der Waals surface area (Å²) >= 11 is 0. The van der Waals surface area contributed by atoms with E-state index in [-0.39, 0.29) is 17.6 Å². The second-order valence-corrected chi connectivity index (χ2v) is 4.44. The fourth-order valence-electron chi connectivity index (χ4n) is 2.59. The summed E-state index contributed by atoms with van der Waals surface area (Å²) in [6, 6.07) is 9.99. The number of rotatable bonds is 4. The summed E-state index contributed by atoms with van der Waals surface area (Å²) < 4.78 is 5.34. The highest BCUT2D eigenvalue weighted by atomic mass is 16.5. The van der Waals surface area contributed by atoms with Gasteiger partial charge in [-0.2, -0.15) is 0 Å². The molecule has 1 aliphatic rings. The van der Waals surface area contributed by atoms with Crippen molar-refractivity contribution in [3.63, 3.8) is 0 Å². The lowest BCUT2D eigenvalue weighted by atomic mass is 9.84. The summed E-state index contributed by atoms with van der Waals surface area (Å²) in [6.45, 7) is 2.14. The minimum atomic E-state index is -0.0499. The molecule has 1 aromatic carbocycles. The van der Waals surface area contributed by atoms with Crippen molar-refractivity contribution in [2.45, 2.75) is 25.7 Å². The molecule has 2 rings (SSSR count). The van der Waals surface area contributed by atoms with Crippen LogP contribution in [-0.2, 0) is 9.53 Å². The highest BCUT2D eigenvalue weighted by Crippen LogP contribution is 2.40. The number of benzene rings is 1. The van der Waals surface area contributed by atoms with Gasteiger partial charge in [-0.05, 0) is 12.0 Å². The topological polar surface area (TPSA) is 26.3 Å². The Morgan fingerprint density at radius 3 is 2.53 bits per heavy atom. The predicted octanol–water partition coefficient (Wildman–Crippen LogP) is 3.30.